The molecule has 2 N–H and O–H groups in total. The van der Waals surface area contributed by atoms with Gasteiger partial charge in [0, 0.05) is 11.8 Å². The molecule has 1 fully saturated rings. The Morgan fingerprint density at radius 2 is 2.20 bits per heavy atom. The Balaban J connectivity index is 2.48. The molecule has 1 aliphatic carbocycles. The molecule has 0 radical (unpaired) electrons. The second-order valence-corrected chi connectivity index (χ2v) is 4.04. The van der Waals surface area contributed by atoms with Crippen LogP contribution in [0.2, 0.25) is 0 Å². The van der Waals surface area contributed by atoms with E-state index in [0.29, 0.717) is 5.56 Å². The standard InChI is InChI=1S/C10H14N2O3/c1-6-5-12(10(15)11-9(6)14)7-3-2-4-8(7)13/h5,7-8,13H,2-4H2,1H3,(H,11,14,15). The van der Waals surface area contributed by atoms with Crippen LogP contribution in [0.4, 0.5) is 0 Å². The summed E-state index contributed by atoms with van der Waals surface area (Å²) in [6.07, 6.45) is 3.46. The van der Waals surface area contributed by atoms with Crippen LogP contribution >= 0.6 is 0 Å². The molecule has 1 saturated carbocycles. The van der Waals surface area contributed by atoms with Gasteiger partial charge in [0.1, 0.15) is 0 Å². The third kappa shape index (κ3) is 1.74. The smallest absolute Gasteiger partial charge is 0.328 e. The minimum absolute atomic E-state index is 0.187. The van der Waals surface area contributed by atoms with Crippen molar-refractivity contribution >= 4 is 0 Å². The summed E-state index contributed by atoms with van der Waals surface area (Å²) in [5.74, 6) is 0. The predicted octanol–water partition coefficient (Wildman–Crippen LogP) is -0.0691. The van der Waals surface area contributed by atoms with Gasteiger partial charge in [0.2, 0.25) is 0 Å². The SMILES string of the molecule is Cc1cn(C2CCCC2O)c(=O)[nH]c1=O. The highest BCUT2D eigenvalue weighted by Gasteiger charge is 2.27. The lowest BCUT2D eigenvalue weighted by atomic mass is 10.2. The zero-order valence-corrected chi connectivity index (χ0v) is 8.56. The van der Waals surface area contributed by atoms with Crippen LogP contribution in [0.15, 0.2) is 15.8 Å². The first-order valence-corrected chi connectivity index (χ1v) is 5.09. The van der Waals surface area contributed by atoms with Crippen molar-refractivity contribution in [2.24, 2.45) is 0 Å². The van der Waals surface area contributed by atoms with Crippen LogP contribution < -0.4 is 11.2 Å². The molecule has 0 aromatic carbocycles. The lowest BCUT2D eigenvalue weighted by molar-refractivity contribution is 0.134. The number of nitrogens with one attached hydrogen (secondary N) is 1. The summed E-state index contributed by atoms with van der Waals surface area (Å²) in [6, 6.07) is -0.187. The van der Waals surface area contributed by atoms with Crippen molar-refractivity contribution in [3.8, 4) is 0 Å². The van der Waals surface area contributed by atoms with Gasteiger partial charge in [-0.25, -0.2) is 4.79 Å². The zero-order chi connectivity index (χ0) is 11.0. The van der Waals surface area contributed by atoms with Crippen molar-refractivity contribution < 1.29 is 5.11 Å². The summed E-state index contributed by atoms with van der Waals surface area (Å²) in [5.41, 5.74) is -0.297. The van der Waals surface area contributed by atoms with E-state index in [-0.39, 0.29) is 11.6 Å². The van der Waals surface area contributed by atoms with E-state index in [1.165, 1.54) is 10.8 Å². The first-order valence-electron chi connectivity index (χ1n) is 5.09. The Bertz CT molecular complexity index is 474. The second kappa shape index (κ2) is 3.66. The fourth-order valence-electron chi connectivity index (χ4n) is 2.08. The van der Waals surface area contributed by atoms with E-state index in [9.17, 15) is 14.7 Å². The molecule has 82 valence electrons. The maximum Gasteiger partial charge on any atom is 0.328 e. The number of aliphatic hydroxyl groups is 1. The van der Waals surface area contributed by atoms with Gasteiger partial charge < -0.3 is 5.11 Å². The number of hydrogen-bond acceptors (Lipinski definition) is 3. The van der Waals surface area contributed by atoms with E-state index in [0.717, 1.165) is 19.3 Å². The lowest BCUT2D eigenvalue weighted by Gasteiger charge is -2.17. The molecule has 2 unspecified atom stereocenters. The Morgan fingerprint density at radius 3 is 2.80 bits per heavy atom. The average Bonchev–Trinajstić information content (AvgIpc) is 2.58. The molecule has 0 amide bonds. The maximum atomic E-state index is 11.5. The summed E-state index contributed by atoms with van der Waals surface area (Å²) < 4.78 is 1.44. The van der Waals surface area contributed by atoms with E-state index in [4.69, 9.17) is 0 Å². The van der Waals surface area contributed by atoms with E-state index < -0.39 is 11.8 Å². The fraction of sp³-hybridized carbons (Fsp3) is 0.600. The van der Waals surface area contributed by atoms with E-state index in [1.54, 1.807) is 6.92 Å². The summed E-state index contributed by atoms with van der Waals surface area (Å²) >= 11 is 0. The van der Waals surface area contributed by atoms with Crippen molar-refractivity contribution in [3.63, 3.8) is 0 Å². The number of aliphatic hydroxyl groups excluding tert-OH is 1. The normalized spacial score (nSPS) is 25.7. The summed E-state index contributed by atoms with van der Waals surface area (Å²) in [7, 11) is 0. The van der Waals surface area contributed by atoms with Gasteiger partial charge in [-0.3, -0.25) is 14.3 Å². The zero-order valence-electron chi connectivity index (χ0n) is 8.56. The van der Waals surface area contributed by atoms with Gasteiger partial charge in [-0.05, 0) is 26.2 Å². The molecule has 5 heteroatoms. The van der Waals surface area contributed by atoms with E-state index in [1.807, 2.05) is 0 Å². The Labute approximate surface area is 86.4 Å². The predicted molar refractivity (Wildman–Crippen MR) is 55.0 cm³/mol. The van der Waals surface area contributed by atoms with Gasteiger partial charge in [-0.2, -0.15) is 0 Å². The third-order valence-electron chi connectivity index (χ3n) is 2.95. The van der Waals surface area contributed by atoms with Gasteiger partial charge in [-0.1, -0.05) is 0 Å². The van der Waals surface area contributed by atoms with Gasteiger partial charge in [0.15, 0.2) is 0 Å². The van der Waals surface area contributed by atoms with Crippen molar-refractivity contribution in [2.45, 2.75) is 38.3 Å². The lowest BCUT2D eigenvalue weighted by Crippen LogP contribution is -2.35. The average molecular weight is 210 g/mol. The molecule has 0 aliphatic heterocycles. The number of aryl methyl sites for hydroxylation is 1. The monoisotopic (exact) mass is 210 g/mol. The van der Waals surface area contributed by atoms with Crippen molar-refractivity contribution in [1.82, 2.24) is 9.55 Å². The first-order chi connectivity index (χ1) is 7.09. The molecule has 15 heavy (non-hydrogen) atoms. The van der Waals surface area contributed by atoms with Crippen molar-refractivity contribution in [2.75, 3.05) is 0 Å². The molecule has 5 nitrogen and oxygen atoms in total. The number of H-pyrrole nitrogens is 1. The second-order valence-electron chi connectivity index (χ2n) is 4.04. The van der Waals surface area contributed by atoms with E-state index in [2.05, 4.69) is 4.98 Å². The summed E-state index contributed by atoms with van der Waals surface area (Å²) in [5, 5.41) is 9.68. The van der Waals surface area contributed by atoms with Crippen LogP contribution in [0.1, 0.15) is 30.9 Å². The highest BCUT2D eigenvalue weighted by atomic mass is 16.3. The van der Waals surface area contributed by atoms with Crippen LogP contribution in [0.5, 0.6) is 0 Å². The molecule has 0 bridgehead atoms. The number of aromatic amines is 1. The van der Waals surface area contributed by atoms with Gasteiger partial charge in [0.05, 0.1) is 12.1 Å². The Hall–Kier alpha value is -1.36. The van der Waals surface area contributed by atoms with Crippen molar-refractivity contribution in [3.05, 3.63) is 32.6 Å². The molecule has 2 rings (SSSR count). The van der Waals surface area contributed by atoms with Crippen LogP contribution in [0.3, 0.4) is 0 Å². The van der Waals surface area contributed by atoms with Crippen molar-refractivity contribution in [1.29, 1.82) is 0 Å². The largest absolute Gasteiger partial charge is 0.391 e. The van der Waals surface area contributed by atoms with Crippen LogP contribution in [0.25, 0.3) is 0 Å². The van der Waals surface area contributed by atoms with Gasteiger partial charge in [0.25, 0.3) is 5.56 Å². The minimum Gasteiger partial charge on any atom is -0.391 e. The molecular weight excluding hydrogens is 196 g/mol. The topological polar surface area (TPSA) is 75.1 Å². The molecule has 1 aliphatic rings. The van der Waals surface area contributed by atoms with Crippen LogP contribution in [0, 0.1) is 6.92 Å². The molecule has 1 heterocycles. The molecule has 0 saturated heterocycles. The number of rotatable bonds is 1. The number of hydrogen-bond donors (Lipinski definition) is 2. The number of aromatic nitrogens is 2. The van der Waals surface area contributed by atoms with Crippen LogP contribution in [-0.2, 0) is 0 Å². The summed E-state index contributed by atoms with van der Waals surface area (Å²) in [4.78, 5) is 24.9. The van der Waals surface area contributed by atoms with Crippen LogP contribution in [-0.4, -0.2) is 20.8 Å². The maximum absolute atomic E-state index is 11.5. The molecule has 2 atom stereocenters. The first kappa shape index (κ1) is 10.2. The van der Waals surface area contributed by atoms with E-state index >= 15 is 0 Å². The molecule has 0 spiro atoms. The Morgan fingerprint density at radius 1 is 1.47 bits per heavy atom. The fourth-order valence-corrected chi connectivity index (χ4v) is 2.08. The van der Waals surface area contributed by atoms with Gasteiger partial charge in [-0.15, -0.1) is 0 Å². The molecular formula is C10H14N2O3. The molecule has 1 aromatic heterocycles. The highest BCUT2D eigenvalue weighted by Crippen LogP contribution is 2.28. The quantitative estimate of drug-likeness (QED) is 0.681. The Kier molecular flexibility index (Phi) is 2.48. The van der Waals surface area contributed by atoms with Gasteiger partial charge >= 0.3 is 5.69 Å². The third-order valence-corrected chi connectivity index (χ3v) is 2.95. The minimum atomic E-state index is -0.479. The highest BCUT2D eigenvalue weighted by molar-refractivity contribution is 5.02. The summed E-state index contributed by atoms with van der Waals surface area (Å²) in [6.45, 7) is 1.65. The molecule has 1 aromatic rings. The number of nitrogens with zero attached hydrogens (tertiary/aromatic N) is 1.